The second-order valence-electron chi connectivity index (χ2n) is 8.52. The Labute approximate surface area is 197 Å². The SMILES string of the molecule is O=C(CSCCNC(=O)OCC1c2ccccc2-c2ccccc21)NCC1(C(=O)O)CCC1. The molecule has 0 aliphatic heterocycles. The van der Waals surface area contributed by atoms with Gasteiger partial charge < -0.3 is 20.5 Å². The van der Waals surface area contributed by atoms with Gasteiger partial charge in [0.05, 0.1) is 11.2 Å². The van der Waals surface area contributed by atoms with Crippen LogP contribution >= 0.6 is 11.8 Å². The van der Waals surface area contributed by atoms with Crippen molar-refractivity contribution in [2.45, 2.75) is 25.2 Å². The number of hydrogen-bond donors (Lipinski definition) is 3. The van der Waals surface area contributed by atoms with E-state index in [4.69, 9.17) is 4.74 Å². The second-order valence-corrected chi connectivity index (χ2v) is 9.63. The molecule has 0 bridgehead atoms. The van der Waals surface area contributed by atoms with Crippen molar-refractivity contribution < 1.29 is 24.2 Å². The zero-order valence-electron chi connectivity index (χ0n) is 18.3. The summed E-state index contributed by atoms with van der Waals surface area (Å²) < 4.78 is 5.49. The second kappa shape index (κ2) is 10.3. The molecule has 3 N–H and O–H groups in total. The number of hydrogen-bond acceptors (Lipinski definition) is 5. The van der Waals surface area contributed by atoms with Crippen LogP contribution in [0.5, 0.6) is 0 Å². The van der Waals surface area contributed by atoms with E-state index in [0.717, 1.165) is 6.42 Å². The fourth-order valence-corrected chi connectivity index (χ4v) is 5.11. The van der Waals surface area contributed by atoms with Gasteiger partial charge in [0.15, 0.2) is 0 Å². The lowest BCUT2D eigenvalue weighted by atomic mass is 9.69. The minimum atomic E-state index is -0.839. The highest BCUT2D eigenvalue weighted by Crippen LogP contribution is 2.44. The van der Waals surface area contributed by atoms with Crippen LogP contribution < -0.4 is 10.6 Å². The zero-order valence-corrected chi connectivity index (χ0v) is 19.2. The number of carbonyl (C=O) groups is 3. The first-order valence-corrected chi connectivity index (χ1v) is 12.3. The molecule has 7 nitrogen and oxygen atoms in total. The lowest BCUT2D eigenvalue weighted by Crippen LogP contribution is -2.48. The number of thioether (sulfide) groups is 1. The minimum absolute atomic E-state index is 0.0194. The summed E-state index contributed by atoms with van der Waals surface area (Å²) in [5.74, 6) is -0.224. The van der Waals surface area contributed by atoms with Crippen molar-refractivity contribution in [2.24, 2.45) is 5.41 Å². The van der Waals surface area contributed by atoms with Crippen LogP contribution in [0.25, 0.3) is 11.1 Å². The average Bonchev–Trinajstić information content (AvgIpc) is 3.10. The molecule has 33 heavy (non-hydrogen) atoms. The first-order chi connectivity index (χ1) is 16.0. The van der Waals surface area contributed by atoms with Crippen LogP contribution in [-0.4, -0.2) is 54.3 Å². The molecule has 0 saturated heterocycles. The molecule has 174 valence electrons. The Morgan fingerprint density at radius 3 is 2.21 bits per heavy atom. The van der Waals surface area contributed by atoms with E-state index in [1.54, 1.807) is 0 Å². The number of ether oxygens (including phenoxy) is 1. The van der Waals surface area contributed by atoms with Crippen LogP contribution in [0.2, 0.25) is 0 Å². The highest BCUT2D eigenvalue weighted by Gasteiger charge is 2.44. The van der Waals surface area contributed by atoms with E-state index >= 15 is 0 Å². The van der Waals surface area contributed by atoms with Crippen molar-refractivity contribution in [2.75, 3.05) is 31.2 Å². The number of carboxylic acids is 1. The fourth-order valence-electron chi connectivity index (χ4n) is 4.43. The van der Waals surface area contributed by atoms with E-state index < -0.39 is 17.5 Å². The summed E-state index contributed by atoms with van der Waals surface area (Å²) in [6, 6.07) is 16.4. The summed E-state index contributed by atoms with van der Waals surface area (Å²) in [6.07, 6.45) is 1.63. The maximum Gasteiger partial charge on any atom is 0.407 e. The largest absolute Gasteiger partial charge is 0.481 e. The van der Waals surface area contributed by atoms with Gasteiger partial charge in [0.1, 0.15) is 6.61 Å². The monoisotopic (exact) mass is 468 g/mol. The molecule has 0 heterocycles. The van der Waals surface area contributed by atoms with Crippen LogP contribution in [0.1, 0.15) is 36.3 Å². The fraction of sp³-hybridized carbons (Fsp3) is 0.400. The van der Waals surface area contributed by atoms with Crippen LogP contribution in [0, 0.1) is 5.41 Å². The molecule has 0 atom stereocenters. The summed E-state index contributed by atoms with van der Waals surface area (Å²) in [6.45, 7) is 0.828. The number of fused-ring (bicyclic) bond motifs is 3. The molecule has 2 amide bonds. The molecule has 2 aliphatic rings. The third-order valence-electron chi connectivity index (χ3n) is 6.48. The molecular formula is C25H28N2O5S. The van der Waals surface area contributed by atoms with Gasteiger partial charge in [0.2, 0.25) is 5.91 Å². The Kier molecular flexibility index (Phi) is 7.23. The standard InChI is InChI=1S/C25H28N2O5S/c28-22(27-16-25(23(29)30)10-5-11-25)15-33-13-12-26-24(31)32-14-21-19-8-3-1-6-17(19)18-7-2-4-9-20(18)21/h1-4,6-9,21H,5,10-16H2,(H,26,31)(H,27,28)(H,29,30). The molecule has 0 aromatic heterocycles. The van der Waals surface area contributed by atoms with Gasteiger partial charge in [-0.2, -0.15) is 11.8 Å². The summed E-state index contributed by atoms with van der Waals surface area (Å²) in [4.78, 5) is 35.5. The van der Waals surface area contributed by atoms with Crippen molar-refractivity contribution in [1.29, 1.82) is 0 Å². The molecule has 4 rings (SSSR count). The van der Waals surface area contributed by atoms with Gasteiger partial charge in [0, 0.05) is 24.8 Å². The molecular weight excluding hydrogens is 440 g/mol. The highest BCUT2D eigenvalue weighted by molar-refractivity contribution is 7.99. The highest BCUT2D eigenvalue weighted by atomic mass is 32.2. The summed E-state index contributed by atoms with van der Waals surface area (Å²) in [5, 5.41) is 14.7. The van der Waals surface area contributed by atoms with Crippen LogP contribution in [-0.2, 0) is 14.3 Å². The number of carboxylic acid groups (broad SMARTS) is 1. The zero-order chi connectivity index (χ0) is 23.3. The molecule has 8 heteroatoms. The first-order valence-electron chi connectivity index (χ1n) is 11.2. The van der Waals surface area contributed by atoms with Gasteiger partial charge in [-0.25, -0.2) is 4.79 Å². The predicted octanol–water partition coefficient (Wildman–Crippen LogP) is 3.63. The van der Waals surface area contributed by atoms with Gasteiger partial charge >= 0.3 is 12.1 Å². The Hall–Kier alpha value is -3.00. The topological polar surface area (TPSA) is 105 Å². The van der Waals surface area contributed by atoms with Crippen molar-refractivity contribution in [3.63, 3.8) is 0 Å². The number of carbonyl (C=O) groups excluding carboxylic acids is 2. The number of amides is 2. The number of aliphatic carboxylic acids is 1. The lowest BCUT2D eigenvalue weighted by Gasteiger charge is -2.37. The Bertz CT molecular complexity index is 991. The van der Waals surface area contributed by atoms with Crippen LogP contribution in [0.4, 0.5) is 4.79 Å². The van der Waals surface area contributed by atoms with Gasteiger partial charge in [-0.05, 0) is 35.1 Å². The van der Waals surface area contributed by atoms with Crippen molar-refractivity contribution in [3.8, 4) is 11.1 Å². The molecule has 1 fully saturated rings. The summed E-state index contributed by atoms with van der Waals surface area (Å²) in [7, 11) is 0. The van der Waals surface area contributed by atoms with E-state index in [9.17, 15) is 19.5 Å². The number of nitrogens with one attached hydrogen (secondary N) is 2. The van der Waals surface area contributed by atoms with Gasteiger partial charge in [0.25, 0.3) is 0 Å². The molecule has 0 radical (unpaired) electrons. The summed E-state index contributed by atoms with van der Waals surface area (Å²) >= 11 is 1.38. The Morgan fingerprint density at radius 1 is 1.00 bits per heavy atom. The van der Waals surface area contributed by atoms with E-state index in [1.165, 1.54) is 34.0 Å². The van der Waals surface area contributed by atoms with E-state index in [2.05, 4.69) is 34.9 Å². The molecule has 2 aromatic rings. The van der Waals surface area contributed by atoms with Crippen molar-refractivity contribution in [1.82, 2.24) is 10.6 Å². The third-order valence-corrected chi connectivity index (χ3v) is 7.44. The maximum atomic E-state index is 12.2. The number of rotatable bonds is 10. The normalized spacial score (nSPS) is 15.6. The van der Waals surface area contributed by atoms with E-state index in [0.29, 0.717) is 25.1 Å². The first kappa shape index (κ1) is 23.2. The van der Waals surface area contributed by atoms with Crippen LogP contribution in [0.15, 0.2) is 48.5 Å². The van der Waals surface area contributed by atoms with Gasteiger partial charge in [-0.3, -0.25) is 9.59 Å². The molecule has 0 spiro atoms. The number of alkyl carbamates (subject to hydrolysis) is 1. The third kappa shape index (κ3) is 5.16. The molecule has 1 saturated carbocycles. The predicted molar refractivity (Wildman–Crippen MR) is 127 cm³/mol. The van der Waals surface area contributed by atoms with E-state index in [-0.39, 0.29) is 30.7 Å². The maximum absolute atomic E-state index is 12.2. The molecule has 0 unspecified atom stereocenters. The summed E-state index contributed by atoms with van der Waals surface area (Å²) in [5.41, 5.74) is 3.91. The van der Waals surface area contributed by atoms with Crippen molar-refractivity contribution >= 4 is 29.7 Å². The Balaban J connectivity index is 1.14. The van der Waals surface area contributed by atoms with E-state index in [1.807, 2.05) is 24.3 Å². The van der Waals surface area contributed by atoms with Crippen molar-refractivity contribution in [3.05, 3.63) is 59.7 Å². The smallest absolute Gasteiger partial charge is 0.407 e. The molecule has 2 aromatic carbocycles. The minimum Gasteiger partial charge on any atom is -0.481 e. The molecule has 2 aliphatic carbocycles. The average molecular weight is 469 g/mol. The quantitative estimate of drug-likeness (QED) is 0.460. The van der Waals surface area contributed by atoms with Gasteiger partial charge in [-0.1, -0.05) is 55.0 Å². The Morgan fingerprint density at radius 2 is 1.64 bits per heavy atom. The lowest BCUT2D eigenvalue weighted by molar-refractivity contribution is -0.154. The number of benzene rings is 2. The van der Waals surface area contributed by atoms with Crippen LogP contribution in [0.3, 0.4) is 0 Å². The van der Waals surface area contributed by atoms with Gasteiger partial charge in [-0.15, -0.1) is 0 Å².